The summed E-state index contributed by atoms with van der Waals surface area (Å²) in [5.74, 6) is -0.508. The third-order valence-electron chi connectivity index (χ3n) is 3.92. The molecule has 0 fully saturated rings. The first-order valence-corrected chi connectivity index (χ1v) is 8.85. The van der Waals surface area contributed by atoms with Crippen LogP contribution in [0.1, 0.15) is 35.0 Å². The summed E-state index contributed by atoms with van der Waals surface area (Å²) in [6.07, 6.45) is 2.81. The van der Waals surface area contributed by atoms with E-state index in [0.29, 0.717) is 12.0 Å². The Labute approximate surface area is 144 Å². The first-order chi connectivity index (χ1) is 11.6. The van der Waals surface area contributed by atoms with Gasteiger partial charge in [-0.3, -0.25) is 9.59 Å². The number of carbonyl (C=O) groups excluding carboxylic acids is 2. The van der Waals surface area contributed by atoms with Gasteiger partial charge in [-0.25, -0.2) is 0 Å². The molecule has 5 heteroatoms. The van der Waals surface area contributed by atoms with Crippen LogP contribution in [-0.2, 0) is 16.0 Å². The van der Waals surface area contributed by atoms with Gasteiger partial charge in [0.15, 0.2) is 6.10 Å². The molecule has 0 spiro atoms. The van der Waals surface area contributed by atoms with Gasteiger partial charge in [-0.05, 0) is 37.3 Å². The number of aromatic nitrogens is 1. The van der Waals surface area contributed by atoms with Crippen molar-refractivity contribution in [3.05, 3.63) is 58.4 Å². The van der Waals surface area contributed by atoms with Gasteiger partial charge in [0.2, 0.25) is 5.78 Å². The highest BCUT2D eigenvalue weighted by atomic mass is 32.1. The first-order valence-electron chi connectivity index (χ1n) is 7.97. The molecule has 1 N–H and O–H groups in total. The second-order valence-electron chi connectivity index (χ2n) is 5.68. The minimum absolute atomic E-state index is 0.181. The zero-order valence-electron chi connectivity index (χ0n) is 13.5. The molecule has 0 amide bonds. The lowest BCUT2D eigenvalue weighted by Crippen LogP contribution is -2.24. The van der Waals surface area contributed by atoms with Gasteiger partial charge in [0.1, 0.15) is 0 Å². The van der Waals surface area contributed by atoms with Crippen LogP contribution in [0.2, 0.25) is 0 Å². The van der Waals surface area contributed by atoms with Crippen LogP contribution >= 0.6 is 11.3 Å². The maximum absolute atomic E-state index is 12.5. The summed E-state index contributed by atoms with van der Waals surface area (Å²) in [4.78, 5) is 28.8. The fourth-order valence-electron chi connectivity index (χ4n) is 2.67. The van der Waals surface area contributed by atoms with E-state index in [1.54, 1.807) is 24.5 Å². The molecule has 0 unspecified atom stereocenters. The predicted molar refractivity (Wildman–Crippen MR) is 95.4 cm³/mol. The van der Waals surface area contributed by atoms with Crippen LogP contribution in [0.3, 0.4) is 0 Å². The number of aromatic amines is 1. The molecule has 2 heterocycles. The van der Waals surface area contributed by atoms with Crippen molar-refractivity contribution in [1.29, 1.82) is 0 Å². The topological polar surface area (TPSA) is 59.2 Å². The Morgan fingerprint density at radius 2 is 2.04 bits per heavy atom. The number of rotatable bonds is 7. The van der Waals surface area contributed by atoms with Gasteiger partial charge in [-0.1, -0.05) is 24.3 Å². The fourth-order valence-corrected chi connectivity index (χ4v) is 3.42. The Morgan fingerprint density at radius 1 is 1.21 bits per heavy atom. The summed E-state index contributed by atoms with van der Waals surface area (Å²) in [6, 6.07) is 11.6. The molecular formula is C19H19NO3S. The molecule has 0 radical (unpaired) electrons. The van der Waals surface area contributed by atoms with Crippen molar-refractivity contribution in [3.8, 4) is 0 Å². The number of hydrogen-bond donors (Lipinski definition) is 1. The van der Waals surface area contributed by atoms with Gasteiger partial charge in [-0.2, -0.15) is 0 Å². The van der Waals surface area contributed by atoms with Crippen molar-refractivity contribution < 1.29 is 14.3 Å². The Kier molecular flexibility index (Phi) is 5.11. The Bertz CT molecular complexity index is 835. The van der Waals surface area contributed by atoms with Gasteiger partial charge in [0.25, 0.3) is 0 Å². The van der Waals surface area contributed by atoms with Crippen molar-refractivity contribution in [3.63, 3.8) is 0 Å². The van der Waals surface area contributed by atoms with Crippen LogP contribution in [0.5, 0.6) is 0 Å². The monoisotopic (exact) mass is 341 g/mol. The number of carbonyl (C=O) groups is 2. The Balaban J connectivity index is 1.54. The molecule has 0 bridgehead atoms. The van der Waals surface area contributed by atoms with Gasteiger partial charge in [-0.15, -0.1) is 11.3 Å². The highest BCUT2D eigenvalue weighted by molar-refractivity contribution is 7.09. The lowest BCUT2D eigenvalue weighted by molar-refractivity contribution is -0.146. The molecule has 0 saturated heterocycles. The number of nitrogens with one attached hydrogen (secondary N) is 1. The lowest BCUT2D eigenvalue weighted by Gasteiger charge is -2.11. The van der Waals surface area contributed by atoms with Crippen LogP contribution < -0.4 is 0 Å². The van der Waals surface area contributed by atoms with E-state index >= 15 is 0 Å². The molecule has 24 heavy (non-hydrogen) atoms. The SMILES string of the molecule is C[C@@H](OC(=O)CCCc1cccs1)C(=O)c1c[nH]c2ccccc12. The van der Waals surface area contributed by atoms with Crippen LogP contribution in [0, 0.1) is 0 Å². The molecule has 0 saturated carbocycles. The Morgan fingerprint density at radius 3 is 2.83 bits per heavy atom. The number of H-pyrrole nitrogens is 1. The van der Waals surface area contributed by atoms with Gasteiger partial charge < -0.3 is 9.72 Å². The number of thiophene rings is 1. The largest absolute Gasteiger partial charge is 0.454 e. The minimum Gasteiger partial charge on any atom is -0.454 e. The maximum atomic E-state index is 12.5. The standard InChI is InChI=1S/C19H19NO3S/c1-13(23-18(21)10-4-6-14-7-5-11-24-14)19(22)16-12-20-17-9-3-2-8-15(16)17/h2-3,5,7-9,11-13,20H,4,6,10H2,1H3/t13-/m1/s1. The molecule has 4 nitrogen and oxygen atoms in total. The van der Waals surface area contributed by atoms with E-state index in [1.165, 1.54) is 4.88 Å². The lowest BCUT2D eigenvalue weighted by atomic mass is 10.1. The summed E-state index contributed by atoms with van der Waals surface area (Å²) in [5, 5.41) is 2.87. The fraction of sp³-hybridized carbons (Fsp3) is 0.263. The van der Waals surface area contributed by atoms with E-state index in [2.05, 4.69) is 11.1 Å². The zero-order valence-corrected chi connectivity index (χ0v) is 14.3. The molecule has 0 aliphatic carbocycles. The molecule has 2 aromatic heterocycles. The molecule has 0 aliphatic rings. The van der Waals surface area contributed by atoms with Crippen molar-refractivity contribution in [1.82, 2.24) is 4.98 Å². The summed E-state index contributed by atoms with van der Waals surface area (Å²) in [5.41, 5.74) is 1.46. The van der Waals surface area contributed by atoms with Crippen LogP contribution in [-0.4, -0.2) is 22.8 Å². The number of Topliss-reactive ketones (excluding diaryl/α,β-unsaturated/α-hetero) is 1. The number of hydrogen-bond acceptors (Lipinski definition) is 4. The second kappa shape index (κ2) is 7.45. The summed E-state index contributed by atoms with van der Waals surface area (Å²) >= 11 is 1.68. The van der Waals surface area contributed by atoms with Gasteiger partial charge >= 0.3 is 5.97 Å². The summed E-state index contributed by atoms with van der Waals surface area (Å²) < 4.78 is 5.31. The number of benzene rings is 1. The van der Waals surface area contributed by atoms with Crippen molar-refractivity contribution in [2.45, 2.75) is 32.3 Å². The number of fused-ring (bicyclic) bond motifs is 1. The number of esters is 1. The normalized spacial score (nSPS) is 12.2. The maximum Gasteiger partial charge on any atom is 0.306 e. The van der Waals surface area contributed by atoms with Crippen LogP contribution in [0.15, 0.2) is 48.0 Å². The smallest absolute Gasteiger partial charge is 0.306 e. The Hall–Kier alpha value is -2.40. The molecule has 124 valence electrons. The average Bonchev–Trinajstić information content (AvgIpc) is 3.23. The number of aryl methyl sites for hydroxylation is 1. The third-order valence-corrected chi connectivity index (χ3v) is 4.85. The number of ether oxygens (including phenoxy) is 1. The summed E-state index contributed by atoms with van der Waals surface area (Å²) in [6.45, 7) is 1.63. The predicted octanol–water partition coefficient (Wildman–Crippen LogP) is 4.37. The van der Waals surface area contributed by atoms with E-state index in [1.807, 2.05) is 35.7 Å². The summed E-state index contributed by atoms with van der Waals surface area (Å²) in [7, 11) is 0. The van der Waals surface area contributed by atoms with Gasteiger partial charge in [0.05, 0.1) is 0 Å². The third kappa shape index (κ3) is 3.74. The average molecular weight is 341 g/mol. The van der Waals surface area contributed by atoms with Gasteiger partial charge in [0, 0.05) is 34.0 Å². The van der Waals surface area contributed by atoms with Crippen LogP contribution in [0.25, 0.3) is 10.9 Å². The molecule has 1 aromatic carbocycles. The van der Waals surface area contributed by atoms with Crippen molar-refractivity contribution in [2.75, 3.05) is 0 Å². The quantitative estimate of drug-likeness (QED) is 0.513. The highest BCUT2D eigenvalue weighted by Crippen LogP contribution is 2.20. The van der Waals surface area contributed by atoms with E-state index in [0.717, 1.165) is 23.7 Å². The molecule has 0 aliphatic heterocycles. The first kappa shape index (κ1) is 16.5. The van der Waals surface area contributed by atoms with Crippen molar-refractivity contribution >= 4 is 34.0 Å². The zero-order chi connectivity index (χ0) is 16.9. The van der Waals surface area contributed by atoms with Crippen LogP contribution in [0.4, 0.5) is 0 Å². The highest BCUT2D eigenvalue weighted by Gasteiger charge is 2.21. The molecular weight excluding hydrogens is 322 g/mol. The number of ketones is 1. The molecule has 3 rings (SSSR count). The van der Waals surface area contributed by atoms with E-state index in [4.69, 9.17) is 4.74 Å². The van der Waals surface area contributed by atoms with E-state index in [-0.39, 0.29) is 11.8 Å². The second-order valence-corrected chi connectivity index (χ2v) is 6.71. The molecule has 1 atom stereocenters. The van der Waals surface area contributed by atoms with Crippen molar-refractivity contribution in [2.24, 2.45) is 0 Å². The van der Waals surface area contributed by atoms with E-state index < -0.39 is 6.10 Å². The minimum atomic E-state index is -0.779. The molecule has 3 aromatic rings. The number of para-hydroxylation sites is 1. The van der Waals surface area contributed by atoms with E-state index in [9.17, 15) is 9.59 Å².